The van der Waals surface area contributed by atoms with E-state index in [4.69, 9.17) is 11.6 Å². The van der Waals surface area contributed by atoms with Gasteiger partial charge in [0.05, 0.1) is 5.02 Å². The second-order valence-corrected chi connectivity index (χ2v) is 5.13. The van der Waals surface area contributed by atoms with Crippen LogP contribution in [0.15, 0.2) is 12.3 Å². The molecule has 2 heterocycles. The fourth-order valence-corrected chi connectivity index (χ4v) is 2.73. The van der Waals surface area contributed by atoms with Gasteiger partial charge in [0.1, 0.15) is 0 Å². The minimum atomic E-state index is -0.329. The maximum absolute atomic E-state index is 13.6. The van der Waals surface area contributed by atoms with E-state index in [1.807, 2.05) is 4.90 Å². The summed E-state index contributed by atoms with van der Waals surface area (Å²) in [6.07, 6.45) is 3.65. The van der Waals surface area contributed by atoms with E-state index >= 15 is 0 Å². The normalized spacial score (nSPS) is 17.8. The maximum atomic E-state index is 13.6. The molecule has 0 radical (unpaired) electrons. The number of alkyl halides is 1. The average Bonchev–Trinajstić information content (AvgIpc) is 2.29. The molecule has 0 bridgehead atoms. The lowest BCUT2D eigenvalue weighted by atomic mass is 9.99. The van der Waals surface area contributed by atoms with Gasteiger partial charge in [-0.15, -0.1) is 0 Å². The summed E-state index contributed by atoms with van der Waals surface area (Å²) >= 11 is 9.16. The molecule has 0 amide bonds. The first-order valence-corrected chi connectivity index (χ1v) is 6.82. The van der Waals surface area contributed by atoms with Crippen LogP contribution in [0.25, 0.3) is 0 Å². The lowest BCUT2D eigenvalue weighted by Crippen LogP contribution is -2.35. The van der Waals surface area contributed by atoms with E-state index in [9.17, 15) is 4.39 Å². The molecule has 5 heteroatoms. The standard InChI is InChI=1S/C11H13BrClFN2/c12-6-8-1-3-16(4-2-8)11-10(14)5-9(13)7-15-11/h5,7-8H,1-4,6H2. The highest BCUT2D eigenvalue weighted by Gasteiger charge is 2.21. The topological polar surface area (TPSA) is 16.1 Å². The van der Waals surface area contributed by atoms with Crippen LogP contribution in [0, 0.1) is 11.7 Å². The summed E-state index contributed by atoms with van der Waals surface area (Å²) in [5.74, 6) is 0.800. The quantitative estimate of drug-likeness (QED) is 0.778. The molecule has 0 N–H and O–H groups in total. The Morgan fingerprint density at radius 1 is 1.50 bits per heavy atom. The van der Waals surface area contributed by atoms with Gasteiger partial charge in [-0.2, -0.15) is 0 Å². The predicted molar refractivity (Wildman–Crippen MR) is 67.9 cm³/mol. The van der Waals surface area contributed by atoms with Crippen molar-refractivity contribution in [3.63, 3.8) is 0 Å². The molecule has 16 heavy (non-hydrogen) atoms. The lowest BCUT2D eigenvalue weighted by Gasteiger charge is -2.32. The van der Waals surface area contributed by atoms with Crippen molar-refractivity contribution >= 4 is 33.3 Å². The zero-order chi connectivity index (χ0) is 11.5. The third-order valence-corrected chi connectivity index (χ3v) is 4.04. The van der Waals surface area contributed by atoms with Crippen molar-refractivity contribution in [3.8, 4) is 0 Å². The largest absolute Gasteiger partial charge is 0.354 e. The number of hydrogen-bond donors (Lipinski definition) is 0. The van der Waals surface area contributed by atoms with E-state index in [-0.39, 0.29) is 5.82 Å². The van der Waals surface area contributed by atoms with Crippen LogP contribution in [-0.2, 0) is 0 Å². The Hall–Kier alpha value is -0.350. The SMILES string of the molecule is Fc1cc(Cl)cnc1N1CCC(CBr)CC1. The summed E-state index contributed by atoms with van der Waals surface area (Å²) < 4.78 is 13.6. The minimum Gasteiger partial charge on any atom is -0.354 e. The van der Waals surface area contributed by atoms with Crippen LogP contribution < -0.4 is 4.90 Å². The Labute approximate surface area is 108 Å². The van der Waals surface area contributed by atoms with Crippen LogP contribution in [0.5, 0.6) is 0 Å². The van der Waals surface area contributed by atoms with Gasteiger partial charge in [0, 0.05) is 24.6 Å². The molecule has 88 valence electrons. The van der Waals surface area contributed by atoms with Crippen molar-refractivity contribution < 1.29 is 4.39 Å². The highest BCUT2D eigenvalue weighted by atomic mass is 79.9. The van der Waals surface area contributed by atoms with Crippen LogP contribution in [0.2, 0.25) is 5.02 Å². The Balaban J connectivity index is 2.08. The molecule has 0 atom stereocenters. The Morgan fingerprint density at radius 3 is 2.75 bits per heavy atom. The first-order valence-electron chi connectivity index (χ1n) is 5.32. The first-order chi connectivity index (χ1) is 7.70. The molecule has 0 spiro atoms. The van der Waals surface area contributed by atoms with Gasteiger partial charge in [-0.25, -0.2) is 9.37 Å². The summed E-state index contributed by atoms with van der Waals surface area (Å²) in [5.41, 5.74) is 0. The third-order valence-electron chi connectivity index (χ3n) is 2.92. The number of hydrogen-bond acceptors (Lipinski definition) is 2. The van der Waals surface area contributed by atoms with E-state index in [1.165, 1.54) is 12.3 Å². The van der Waals surface area contributed by atoms with Crippen molar-refractivity contribution in [1.29, 1.82) is 0 Å². The van der Waals surface area contributed by atoms with Crippen molar-refractivity contribution in [1.82, 2.24) is 4.98 Å². The molecule has 2 rings (SSSR count). The zero-order valence-electron chi connectivity index (χ0n) is 8.80. The van der Waals surface area contributed by atoms with Crippen LogP contribution in [0.1, 0.15) is 12.8 Å². The van der Waals surface area contributed by atoms with Crippen LogP contribution >= 0.6 is 27.5 Å². The van der Waals surface area contributed by atoms with Crippen molar-refractivity contribution in [2.75, 3.05) is 23.3 Å². The Morgan fingerprint density at radius 2 is 2.19 bits per heavy atom. The number of anilines is 1. The number of aromatic nitrogens is 1. The fraction of sp³-hybridized carbons (Fsp3) is 0.545. The summed E-state index contributed by atoms with van der Waals surface area (Å²) in [6.45, 7) is 1.73. The average molecular weight is 308 g/mol. The van der Waals surface area contributed by atoms with Gasteiger partial charge in [-0.05, 0) is 24.8 Å². The van der Waals surface area contributed by atoms with E-state index in [2.05, 4.69) is 20.9 Å². The second-order valence-electron chi connectivity index (χ2n) is 4.04. The van der Waals surface area contributed by atoms with Crippen molar-refractivity contribution in [2.24, 2.45) is 5.92 Å². The number of halogens is 3. The van der Waals surface area contributed by atoms with E-state index in [1.54, 1.807) is 0 Å². The van der Waals surface area contributed by atoms with Gasteiger partial charge in [-0.3, -0.25) is 0 Å². The summed E-state index contributed by atoms with van der Waals surface area (Å²) in [6, 6.07) is 1.32. The van der Waals surface area contributed by atoms with Crippen LogP contribution in [0.3, 0.4) is 0 Å². The van der Waals surface area contributed by atoms with E-state index in [0.29, 0.717) is 16.8 Å². The summed E-state index contributed by atoms with van der Waals surface area (Å²) in [7, 11) is 0. The molecular formula is C11H13BrClFN2. The van der Waals surface area contributed by atoms with Gasteiger partial charge in [0.15, 0.2) is 11.6 Å². The molecule has 1 aliphatic rings. The number of pyridine rings is 1. The zero-order valence-corrected chi connectivity index (χ0v) is 11.1. The van der Waals surface area contributed by atoms with Crippen LogP contribution in [-0.4, -0.2) is 23.4 Å². The number of rotatable bonds is 2. The molecule has 2 nitrogen and oxygen atoms in total. The Kier molecular flexibility index (Phi) is 4.03. The van der Waals surface area contributed by atoms with E-state index in [0.717, 1.165) is 31.3 Å². The molecule has 1 saturated heterocycles. The van der Waals surface area contributed by atoms with Gasteiger partial charge in [0.2, 0.25) is 0 Å². The first kappa shape index (κ1) is 12.1. The number of piperidine rings is 1. The Bertz CT molecular complexity index is 367. The third kappa shape index (κ3) is 2.66. The van der Waals surface area contributed by atoms with Gasteiger partial charge in [-0.1, -0.05) is 27.5 Å². The minimum absolute atomic E-state index is 0.329. The van der Waals surface area contributed by atoms with Gasteiger partial charge in [0.25, 0.3) is 0 Å². The highest BCUT2D eigenvalue weighted by Crippen LogP contribution is 2.25. The highest BCUT2D eigenvalue weighted by molar-refractivity contribution is 9.09. The van der Waals surface area contributed by atoms with Crippen molar-refractivity contribution in [3.05, 3.63) is 23.1 Å². The van der Waals surface area contributed by atoms with Gasteiger partial charge >= 0.3 is 0 Å². The summed E-state index contributed by atoms with van der Waals surface area (Å²) in [4.78, 5) is 6.05. The maximum Gasteiger partial charge on any atom is 0.167 e. The molecule has 0 aromatic carbocycles. The molecule has 1 aromatic heterocycles. The van der Waals surface area contributed by atoms with Crippen molar-refractivity contribution in [2.45, 2.75) is 12.8 Å². The fourth-order valence-electron chi connectivity index (χ4n) is 1.94. The molecule has 0 saturated carbocycles. The molecule has 1 aliphatic heterocycles. The van der Waals surface area contributed by atoms with E-state index < -0.39 is 0 Å². The number of nitrogens with zero attached hydrogens (tertiary/aromatic N) is 2. The summed E-state index contributed by atoms with van der Waals surface area (Å²) in [5, 5.41) is 1.37. The molecular weight excluding hydrogens is 294 g/mol. The molecule has 0 unspecified atom stereocenters. The molecule has 1 aromatic rings. The molecule has 1 fully saturated rings. The van der Waals surface area contributed by atoms with Crippen LogP contribution in [0.4, 0.5) is 10.2 Å². The predicted octanol–water partition coefficient (Wildman–Crippen LogP) is 3.49. The van der Waals surface area contributed by atoms with Gasteiger partial charge < -0.3 is 4.90 Å². The molecule has 0 aliphatic carbocycles. The smallest absolute Gasteiger partial charge is 0.167 e. The lowest BCUT2D eigenvalue weighted by molar-refractivity contribution is 0.440. The second kappa shape index (κ2) is 5.32. The monoisotopic (exact) mass is 306 g/mol.